The highest BCUT2D eigenvalue weighted by atomic mass is 79.9. The van der Waals surface area contributed by atoms with Gasteiger partial charge in [-0.15, -0.1) is 0 Å². The van der Waals surface area contributed by atoms with Gasteiger partial charge in [0.15, 0.2) is 0 Å². The number of benzene rings is 1. The number of halogens is 1. The molecule has 1 aliphatic carbocycles. The quantitative estimate of drug-likeness (QED) is 0.375. The Balaban J connectivity index is 1.88. The number of nitrogens with zero attached hydrogens (tertiary/aromatic N) is 1. The van der Waals surface area contributed by atoms with Crippen LogP contribution < -0.4 is 0 Å². The minimum absolute atomic E-state index is 0.132. The van der Waals surface area contributed by atoms with E-state index in [1.54, 1.807) is 11.0 Å². The zero-order valence-electron chi connectivity index (χ0n) is 15.8. The minimum Gasteiger partial charge on any atom is -0.465 e. The third-order valence-electron chi connectivity index (χ3n) is 5.12. The highest BCUT2D eigenvalue weighted by molar-refractivity contribution is 9.10. The van der Waals surface area contributed by atoms with Crippen LogP contribution in [-0.4, -0.2) is 30.4 Å². The SMILES string of the molecule is COC(=O)C1=C(C)N(CCC2=CCCCC2)C(=O)/C1=C\c1ccc(Br)cc1. The Morgan fingerprint density at radius 2 is 2.00 bits per heavy atom. The van der Waals surface area contributed by atoms with Gasteiger partial charge in [0.05, 0.1) is 18.3 Å². The van der Waals surface area contributed by atoms with Gasteiger partial charge in [0.25, 0.3) is 5.91 Å². The molecule has 3 rings (SSSR count). The summed E-state index contributed by atoms with van der Waals surface area (Å²) < 4.78 is 5.91. The lowest BCUT2D eigenvalue weighted by Crippen LogP contribution is -2.26. The maximum absolute atomic E-state index is 13.1. The van der Waals surface area contributed by atoms with Crippen molar-refractivity contribution < 1.29 is 14.3 Å². The second kappa shape index (κ2) is 8.70. The van der Waals surface area contributed by atoms with Crippen molar-refractivity contribution in [3.8, 4) is 0 Å². The van der Waals surface area contributed by atoms with Crippen LogP contribution in [0.1, 0.15) is 44.6 Å². The van der Waals surface area contributed by atoms with Crippen molar-refractivity contribution >= 4 is 33.9 Å². The molecule has 0 saturated heterocycles. The third-order valence-corrected chi connectivity index (χ3v) is 5.65. The van der Waals surface area contributed by atoms with Crippen LogP contribution >= 0.6 is 15.9 Å². The van der Waals surface area contributed by atoms with Crippen LogP contribution in [0.25, 0.3) is 6.08 Å². The van der Waals surface area contributed by atoms with E-state index < -0.39 is 5.97 Å². The first kappa shape index (κ1) is 19.6. The molecule has 0 radical (unpaired) electrons. The van der Waals surface area contributed by atoms with Crippen LogP contribution in [0.3, 0.4) is 0 Å². The second-order valence-electron chi connectivity index (χ2n) is 6.88. The van der Waals surface area contributed by atoms with Crippen molar-refractivity contribution in [2.24, 2.45) is 0 Å². The zero-order chi connectivity index (χ0) is 19.4. The van der Waals surface area contributed by atoms with Gasteiger partial charge in [-0.25, -0.2) is 4.79 Å². The molecule has 0 unspecified atom stereocenters. The van der Waals surface area contributed by atoms with Crippen LogP contribution in [0.2, 0.25) is 0 Å². The molecule has 4 nitrogen and oxygen atoms in total. The Bertz CT molecular complexity index is 834. The van der Waals surface area contributed by atoms with Crippen molar-refractivity contribution in [2.75, 3.05) is 13.7 Å². The standard InChI is InChI=1S/C22H24BrNO3/c1-15-20(22(26)27-2)19(14-17-8-10-18(23)11-9-17)21(25)24(15)13-12-16-6-4-3-5-7-16/h6,8-11,14H,3-5,7,12-13H2,1-2H3/b19-14-. The molecule has 0 atom stereocenters. The maximum Gasteiger partial charge on any atom is 0.340 e. The van der Waals surface area contributed by atoms with E-state index >= 15 is 0 Å². The summed E-state index contributed by atoms with van der Waals surface area (Å²) in [6, 6.07) is 7.63. The number of ether oxygens (including phenoxy) is 1. The molecule has 1 heterocycles. The van der Waals surface area contributed by atoms with Gasteiger partial charge in [0.2, 0.25) is 0 Å². The number of hydrogen-bond acceptors (Lipinski definition) is 3. The topological polar surface area (TPSA) is 46.6 Å². The van der Waals surface area contributed by atoms with Crippen LogP contribution in [0.4, 0.5) is 0 Å². The average molecular weight is 430 g/mol. The highest BCUT2D eigenvalue weighted by Crippen LogP contribution is 2.33. The van der Waals surface area contributed by atoms with Gasteiger partial charge < -0.3 is 9.64 Å². The fourth-order valence-corrected chi connectivity index (χ4v) is 3.87. The van der Waals surface area contributed by atoms with E-state index in [2.05, 4.69) is 22.0 Å². The van der Waals surface area contributed by atoms with Gasteiger partial charge in [-0.05, 0) is 62.8 Å². The smallest absolute Gasteiger partial charge is 0.340 e. The normalized spacial score (nSPS) is 18.9. The average Bonchev–Trinajstić information content (AvgIpc) is 2.92. The van der Waals surface area contributed by atoms with Gasteiger partial charge in [0, 0.05) is 16.7 Å². The molecule has 27 heavy (non-hydrogen) atoms. The Hall–Kier alpha value is -2.14. The van der Waals surface area contributed by atoms with Gasteiger partial charge in [0.1, 0.15) is 0 Å². The summed E-state index contributed by atoms with van der Waals surface area (Å²) in [7, 11) is 1.35. The van der Waals surface area contributed by atoms with Crippen LogP contribution in [0.5, 0.6) is 0 Å². The molecule has 0 fully saturated rings. The first-order valence-electron chi connectivity index (χ1n) is 9.28. The van der Waals surface area contributed by atoms with Crippen molar-refractivity contribution in [1.29, 1.82) is 0 Å². The lowest BCUT2D eigenvalue weighted by atomic mass is 9.97. The third kappa shape index (κ3) is 4.41. The molecule has 1 aromatic rings. The Labute approximate surface area is 168 Å². The van der Waals surface area contributed by atoms with Crippen LogP contribution in [-0.2, 0) is 14.3 Å². The summed E-state index contributed by atoms with van der Waals surface area (Å²) in [5.41, 5.74) is 3.72. The van der Waals surface area contributed by atoms with E-state index in [4.69, 9.17) is 4.74 Å². The number of esters is 1. The van der Waals surface area contributed by atoms with Gasteiger partial charge in [-0.1, -0.05) is 39.7 Å². The summed E-state index contributed by atoms with van der Waals surface area (Å²) in [5, 5.41) is 0. The molecule has 1 aliphatic heterocycles. The molecule has 0 bridgehead atoms. The summed E-state index contributed by atoms with van der Waals surface area (Å²) in [5.74, 6) is -0.601. The van der Waals surface area contributed by atoms with Gasteiger partial charge in [-0.2, -0.15) is 0 Å². The summed E-state index contributed by atoms with van der Waals surface area (Å²) in [4.78, 5) is 27.1. The van der Waals surface area contributed by atoms with Crippen molar-refractivity contribution in [3.05, 3.63) is 62.8 Å². The largest absolute Gasteiger partial charge is 0.465 e. The Kier molecular flexibility index (Phi) is 6.32. The van der Waals surface area contributed by atoms with Crippen LogP contribution in [0.15, 0.2) is 57.2 Å². The number of hydrogen-bond donors (Lipinski definition) is 0. The fraction of sp³-hybridized carbons (Fsp3) is 0.364. The lowest BCUT2D eigenvalue weighted by Gasteiger charge is -2.20. The monoisotopic (exact) mass is 429 g/mol. The van der Waals surface area contributed by atoms with E-state index in [-0.39, 0.29) is 5.91 Å². The van der Waals surface area contributed by atoms with E-state index in [1.165, 1.54) is 25.5 Å². The summed E-state index contributed by atoms with van der Waals surface area (Å²) >= 11 is 3.41. The van der Waals surface area contributed by atoms with E-state index in [0.717, 1.165) is 29.3 Å². The van der Waals surface area contributed by atoms with Crippen LogP contribution in [0, 0.1) is 0 Å². The number of allylic oxidation sites excluding steroid dienone is 2. The van der Waals surface area contributed by atoms with Crippen molar-refractivity contribution in [1.82, 2.24) is 4.90 Å². The summed E-state index contributed by atoms with van der Waals surface area (Å²) in [6.45, 7) is 2.41. The number of carbonyl (C=O) groups excluding carboxylic acids is 2. The zero-order valence-corrected chi connectivity index (χ0v) is 17.3. The number of carbonyl (C=O) groups is 2. The Morgan fingerprint density at radius 1 is 1.26 bits per heavy atom. The predicted molar refractivity (Wildman–Crippen MR) is 110 cm³/mol. The maximum atomic E-state index is 13.1. The van der Waals surface area contributed by atoms with Gasteiger partial charge in [-0.3, -0.25) is 4.79 Å². The molecule has 1 amide bonds. The molecule has 0 spiro atoms. The first-order chi connectivity index (χ1) is 13.0. The van der Waals surface area contributed by atoms with Gasteiger partial charge >= 0.3 is 5.97 Å². The summed E-state index contributed by atoms with van der Waals surface area (Å²) in [6.07, 6.45) is 9.61. The fourth-order valence-electron chi connectivity index (χ4n) is 3.61. The Morgan fingerprint density at radius 3 is 2.63 bits per heavy atom. The van der Waals surface area contributed by atoms with E-state index in [9.17, 15) is 9.59 Å². The lowest BCUT2D eigenvalue weighted by molar-refractivity contribution is -0.136. The van der Waals surface area contributed by atoms with E-state index in [0.29, 0.717) is 23.4 Å². The molecule has 0 N–H and O–H groups in total. The molecule has 2 aliphatic rings. The molecular formula is C22H24BrNO3. The van der Waals surface area contributed by atoms with Crippen molar-refractivity contribution in [3.63, 3.8) is 0 Å². The first-order valence-corrected chi connectivity index (χ1v) is 10.1. The van der Waals surface area contributed by atoms with E-state index in [1.807, 2.05) is 31.2 Å². The minimum atomic E-state index is -0.469. The predicted octanol–water partition coefficient (Wildman–Crippen LogP) is 5.01. The molecule has 142 valence electrons. The molecule has 1 aromatic carbocycles. The molecule has 5 heteroatoms. The molecular weight excluding hydrogens is 406 g/mol. The van der Waals surface area contributed by atoms with Crippen molar-refractivity contribution in [2.45, 2.75) is 39.0 Å². The number of amides is 1. The number of rotatable bonds is 5. The number of methoxy groups -OCH3 is 1. The highest BCUT2D eigenvalue weighted by Gasteiger charge is 2.36. The molecule has 0 saturated carbocycles. The molecule has 0 aromatic heterocycles. The second-order valence-corrected chi connectivity index (χ2v) is 7.79.